The third-order valence-electron chi connectivity index (χ3n) is 6.62. The van der Waals surface area contributed by atoms with Gasteiger partial charge in [0.1, 0.15) is 5.75 Å². The SMILES string of the molecule is CCn1nc(C(=O)N2CCN(C)CC2)c2c1CCC(NCCc1cccc(OC)c1)C2. The van der Waals surface area contributed by atoms with E-state index in [0.29, 0.717) is 11.7 Å². The molecule has 2 heterocycles. The Bertz CT molecular complexity index is 901. The van der Waals surface area contributed by atoms with Gasteiger partial charge in [0.15, 0.2) is 5.69 Å². The number of benzene rings is 1. The Hall–Kier alpha value is -2.38. The Kier molecular flexibility index (Phi) is 6.92. The zero-order valence-corrected chi connectivity index (χ0v) is 19.1. The lowest BCUT2D eigenvalue weighted by Crippen LogP contribution is -2.47. The quantitative estimate of drug-likeness (QED) is 0.735. The van der Waals surface area contributed by atoms with E-state index in [-0.39, 0.29) is 5.91 Å². The molecule has 1 N–H and O–H groups in total. The van der Waals surface area contributed by atoms with Crippen molar-refractivity contribution in [1.29, 1.82) is 0 Å². The number of likely N-dealkylation sites (N-methyl/N-ethyl adjacent to an activating group) is 1. The van der Waals surface area contributed by atoms with Gasteiger partial charge in [0, 0.05) is 50.0 Å². The van der Waals surface area contributed by atoms with E-state index in [9.17, 15) is 4.79 Å². The van der Waals surface area contributed by atoms with Gasteiger partial charge in [-0.25, -0.2) is 0 Å². The van der Waals surface area contributed by atoms with Crippen LogP contribution in [0.3, 0.4) is 0 Å². The number of rotatable bonds is 7. The summed E-state index contributed by atoms with van der Waals surface area (Å²) >= 11 is 0. The molecular weight excluding hydrogens is 390 g/mol. The predicted octanol–water partition coefficient (Wildman–Crippen LogP) is 1.99. The van der Waals surface area contributed by atoms with E-state index in [1.165, 1.54) is 11.3 Å². The molecular formula is C24H35N5O2. The molecule has 1 aliphatic heterocycles. The number of aromatic nitrogens is 2. The van der Waals surface area contributed by atoms with Crippen LogP contribution in [0.25, 0.3) is 0 Å². The number of fused-ring (bicyclic) bond motifs is 1. The fraction of sp³-hybridized carbons (Fsp3) is 0.583. The van der Waals surface area contributed by atoms with Crippen LogP contribution in [0.5, 0.6) is 5.75 Å². The van der Waals surface area contributed by atoms with Gasteiger partial charge in [-0.05, 0) is 63.9 Å². The summed E-state index contributed by atoms with van der Waals surface area (Å²) in [6.07, 6.45) is 3.89. The first kappa shape index (κ1) is 21.8. The highest BCUT2D eigenvalue weighted by atomic mass is 16.5. The summed E-state index contributed by atoms with van der Waals surface area (Å²) in [5.41, 5.74) is 4.37. The number of nitrogens with one attached hydrogen (secondary N) is 1. The minimum atomic E-state index is 0.105. The molecule has 1 aliphatic carbocycles. The van der Waals surface area contributed by atoms with Crippen LogP contribution in [0, 0.1) is 0 Å². The average Bonchev–Trinajstić information content (AvgIpc) is 3.17. The smallest absolute Gasteiger partial charge is 0.274 e. The molecule has 1 aromatic heterocycles. The molecule has 168 valence electrons. The van der Waals surface area contributed by atoms with Gasteiger partial charge in [0.05, 0.1) is 7.11 Å². The number of carbonyl (C=O) groups excluding carboxylic acids is 1. The van der Waals surface area contributed by atoms with E-state index in [2.05, 4.69) is 36.3 Å². The second-order valence-corrected chi connectivity index (χ2v) is 8.68. The van der Waals surface area contributed by atoms with Crippen molar-refractivity contribution in [2.24, 2.45) is 0 Å². The van der Waals surface area contributed by atoms with Crippen LogP contribution in [0.15, 0.2) is 24.3 Å². The molecule has 2 aromatic rings. The van der Waals surface area contributed by atoms with Crippen LogP contribution >= 0.6 is 0 Å². The number of carbonyl (C=O) groups is 1. The molecule has 31 heavy (non-hydrogen) atoms. The van der Waals surface area contributed by atoms with Crippen molar-refractivity contribution in [3.05, 3.63) is 46.8 Å². The van der Waals surface area contributed by atoms with Gasteiger partial charge in [-0.2, -0.15) is 5.10 Å². The van der Waals surface area contributed by atoms with Crippen LogP contribution in [0.4, 0.5) is 0 Å². The summed E-state index contributed by atoms with van der Waals surface area (Å²) in [4.78, 5) is 17.5. The lowest BCUT2D eigenvalue weighted by molar-refractivity contribution is 0.0656. The first-order valence-corrected chi connectivity index (χ1v) is 11.5. The lowest BCUT2D eigenvalue weighted by atomic mass is 9.91. The van der Waals surface area contributed by atoms with E-state index in [4.69, 9.17) is 9.84 Å². The topological polar surface area (TPSA) is 62.6 Å². The number of aryl methyl sites for hydroxylation is 1. The van der Waals surface area contributed by atoms with Gasteiger partial charge in [-0.15, -0.1) is 0 Å². The van der Waals surface area contributed by atoms with Crippen LogP contribution in [0.1, 0.15) is 40.7 Å². The fourth-order valence-electron chi connectivity index (χ4n) is 4.70. The van der Waals surface area contributed by atoms with Crippen LogP contribution in [0.2, 0.25) is 0 Å². The fourth-order valence-corrected chi connectivity index (χ4v) is 4.70. The Morgan fingerprint density at radius 1 is 1.26 bits per heavy atom. The highest BCUT2D eigenvalue weighted by Gasteiger charge is 2.31. The van der Waals surface area contributed by atoms with Gasteiger partial charge >= 0.3 is 0 Å². The normalized spacial score (nSPS) is 19.3. The molecule has 1 saturated heterocycles. The third-order valence-corrected chi connectivity index (χ3v) is 6.62. The molecule has 0 saturated carbocycles. The van der Waals surface area contributed by atoms with E-state index in [1.54, 1.807) is 7.11 Å². The minimum absolute atomic E-state index is 0.105. The molecule has 4 rings (SSSR count). The van der Waals surface area contributed by atoms with E-state index >= 15 is 0 Å². The van der Waals surface area contributed by atoms with Crippen molar-refractivity contribution >= 4 is 5.91 Å². The summed E-state index contributed by atoms with van der Waals surface area (Å²) < 4.78 is 7.37. The number of amides is 1. The first-order valence-electron chi connectivity index (χ1n) is 11.5. The highest BCUT2D eigenvalue weighted by Crippen LogP contribution is 2.26. The van der Waals surface area contributed by atoms with E-state index in [1.807, 2.05) is 21.7 Å². The number of piperazine rings is 1. The maximum absolute atomic E-state index is 13.3. The zero-order valence-electron chi connectivity index (χ0n) is 19.1. The summed E-state index contributed by atoms with van der Waals surface area (Å²) in [7, 11) is 3.81. The van der Waals surface area contributed by atoms with E-state index < -0.39 is 0 Å². The summed E-state index contributed by atoms with van der Waals surface area (Å²) in [6, 6.07) is 8.63. The summed E-state index contributed by atoms with van der Waals surface area (Å²) in [5.74, 6) is 1.01. The van der Waals surface area contributed by atoms with Crippen molar-refractivity contribution in [2.75, 3.05) is 46.9 Å². The maximum Gasteiger partial charge on any atom is 0.274 e. The second kappa shape index (κ2) is 9.83. The second-order valence-electron chi connectivity index (χ2n) is 8.68. The number of hydrogen-bond donors (Lipinski definition) is 1. The molecule has 0 bridgehead atoms. The van der Waals surface area contributed by atoms with Crippen LogP contribution in [-0.4, -0.2) is 78.4 Å². The van der Waals surface area contributed by atoms with Crippen molar-refractivity contribution in [2.45, 2.75) is 45.2 Å². The Morgan fingerprint density at radius 3 is 2.81 bits per heavy atom. The van der Waals surface area contributed by atoms with Gasteiger partial charge in [0.25, 0.3) is 5.91 Å². The molecule has 7 nitrogen and oxygen atoms in total. The summed E-state index contributed by atoms with van der Waals surface area (Å²) in [5, 5.41) is 8.47. The van der Waals surface area contributed by atoms with Gasteiger partial charge < -0.3 is 19.9 Å². The zero-order chi connectivity index (χ0) is 21.8. The number of nitrogens with zero attached hydrogens (tertiary/aromatic N) is 4. The Morgan fingerprint density at radius 2 is 2.06 bits per heavy atom. The van der Waals surface area contributed by atoms with Crippen molar-refractivity contribution in [3.63, 3.8) is 0 Å². The van der Waals surface area contributed by atoms with Gasteiger partial charge in [0.2, 0.25) is 0 Å². The molecule has 1 aromatic carbocycles. The predicted molar refractivity (Wildman–Crippen MR) is 122 cm³/mol. The van der Waals surface area contributed by atoms with Crippen molar-refractivity contribution < 1.29 is 9.53 Å². The van der Waals surface area contributed by atoms with Gasteiger partial charge in [-0.3, -0.25) is 9.48 Å². The number of methoxy groups -OCH3 is 1. The Labute approximate surface area is 185 Å². The molecule has 1 fully saturated rings. The standard InChI is InChI=1S/C24H35N5O2/c1-4-29-22-9-8-19(25-11-10-18-6-5-7-20(16-18)31-3)17-21(22)23(26-29)24(30)28-14-12-27(2)13-15-28/h5-7,16,19,25H,4,8-15,17H2,1-3H3. The number of hydrogen-bond acceptors (Lipinski definition) is 5. The molecule has 2 aliphatic rings. The molecule has 1 amide bonds. The third kappa shape index (κ3) is 4.93. The maximum atomic E-state index is 13.3. The minimum Gasteiger partial charge on any atom is -0.497 e. The van der Waals surface area contributed by atoms with Crippen molar-refractivity contribution in [3.8, 4) is 5.75 Å². The molecule has 0 spiro atoms. The van der Waals surface area contributed by atoms with Gasteiger partial charge in [-0.1, -0.05) is 12.1 Å². The van der Waals surface area contributed by atoms with Crippen molar-refractivity contribution in [1.82, 2.24) is 24.9 Å². The largest absolute Gasteiger partial charge is 0.497 e. The first-order chi connectivity index (χ1) is 15.1. The van der Waals surface area contributed by atoms with Crippen LogP contribution in [-0.2, 0) is 25.8 Å². The molecule has 1 unspecified atom stereocenters. The summed E-state index contributed by atoms with van der Waals surface area (Å²) in [6.45, 7) is 7.25. The molecule has 1 atom stereocenters. The highest BCUT2D eigenvalue weighted by molar-refractivity contribution is 5.94. The average molecular weight is 426 g/mol. The Balaban J connectivity index is 1.41. The monoisotopic (exact) mass is 425 g/mol. The number of ether oxygens (including phenoxy) is 1. The van der Waals surface area contributed by atoms with Crippen LogP contribution < -0.4 is 10.1 Å². The lowest BCUT2D eigenvalue weighted by Gasteiger charge is -2.32. The molecule has 0 radical (unpaired) electrons. The molecule has 7 heteroatoms. The van der Waals surface area contributed by atoms with E-state index in [0.717, 1.165) is 76.3 Å².